The van der Waals surface area contributed by atoms with Gasteiger partial charge in [-0.15, -0.1) is 11.8 Å². The van der Waals surface area contributed by atoms with Gasteiger partial charge in [-0.2, -0.15) is 0 Å². The van der Waals surface area contributed by atoms with Crippen molar-refractivity contribution in [3.63, 3.8) is 0 Å². The van der Waals surface area contributed by atoms with Crippen LogP contribution in [0.3, 0.4) is 0 Å². The molecule has 1 aromatic heterocycles. The third-order valence-electron chi connectivity index (χ3n) is 5.06. The molecule has 1 saturated heterocycles. The van der Waals surface area contributed by atoms with Gasteiger partial charge < -0.3 is 15.2 Å². The third-order valence-corrected chi connectivity index (χ3v) is 6.07. The van der Waals surface area contributed by atoms with Crippen molar-refractivity contribution in [2.24, 2.45) is 5.92 Å². The van der Waals surface area contributed by atoms with E-state index in [1.807, 2.05) is 24.3 Å². The van der Waals surface area contributed by atoms with Crippen LogP contribution in [0.25, 0.3) is 10.9 Å². The number of carbonyl (C=O) groups is 2. The molecule has 6 heteroatoms. The van der Waals surface area contributed by atoms with E-state index < -0.39 is 0 Å². The van der Waals surface area contributed by atoms with Crippen LogP contribution in [0, 0.1) is 5.92 Å². The quantitative estimate of drug-likeness (QED) is 0.897. The summed E-state index contributed by atoms with van der Waals surface area (Å²) in [4.78, 5) is 30.3. The summed E-state index contributed by atoms with van der Waals surface area (Å²) in [6.45, 7) is 0.745. The van der Waals surface area contributed by atoms with E-state index in [2.05, 4.69) is 10.3 Å². The standard InChI is InChI=1S/C18H21N3O2S/c22-17(20-8-12-4-3-5-12)16-10-24-11-21(16)18(23)14-9-19-15-7-2-1-6-13(14)15/h1-2,6-7,9,12,16,19H,3-5,8,10-11H2,(H,20,22)/t16-/m1/s1. The number of para-hydroxylation sites is 1. The molecule has 1 aromatic carbocycles. The minimum atomic E-state index is -0.365. The number of aromatic amines is 1. The second-order valence-corrected chi connectivity index (χ2v) is 7.58. The molecule has 1 atom stereocenters. The van der Waals surface area contributed by atoms with Crippen molar-refractivity contribution in [2.45, 2.75) is 25.3 Å². The number of benzene rings is 1. The van der Waals surface area contributed by atoms with Crippen molar-refractivity contribution >= 4 is 34.5 Å². The van der Waals surface area contributed by atoms with Gasteiger partial charge in [0, 0.05) is 29.4 Å². The van der Waals surface area contributed by atoms with Crippen LogP contribution in [-0.4, -0.2) is 45.9 Å². The van der Waals surface area contributed by atoms with E-state index in [1.54, 1.807) is 22.9 Å². The van der Waals surface area contributed by atoms with Crippen LogP contribution in [0.4, 0.5) is 0 Å². The molecule has 2 amide bonds. The Morgan fingerprint density at radius 3 is 2.92 bits per heavy atom. The molecule has 0 bridgehead atoms. The van der Waals surface area contributed by atoms with Gasteiger partial charge in [-0.1, -0.05) is 24.6 Å². The Hall–Kier alpha value is -1.95. The predicted octanol–water partition coefficient (Wildman–Crippen LogP) is 2.60. The van der Waals surface area contributed by atoms with E-state index in [0.29, 0.717) is 23.1 Å². The first kappa shape index (κ1) is 15.6. The molecule has 1 aliphatic heterocycles. The number of H-pyrrole nitrogens is 1. The summed E-state index contributed by atoms with van der Waals surface area (Å²) < 4.78 is 0. The lowest BCUT2D eigenvalue weighted by molar-refractivity contribution is -0.124. The average Bonchev–Trinajstić information content (AvgIpc) is 3.19. The summed E-state index contributed by atoms with van der Waals surface area (Å²) in [6.07, 6.45) is 5.43. The van der Waals surface area contributed by atoms with E-state index in [-0.39, 0.29) is 17.9 Å². The maximum atomic E-state index is 13.0. The molecule has 1 saturated carbocycles. The molecule has 4 rings (SSSR count). The van der Waals surface area contributed by atoms with Gasteiger partial charge in [-0.05, 0) is 24.8 Å². The van der Waals surface area contributed by atoms with Crippen LogP contribution in [0.15, 0.2) is 30.5 Å². The number of nitrogens with zero attached hydrogens (tertiary/aromatic N) is 1. The number of nitrogens with one attached hydrogen (secondary N) is 2. The fourth-order valence-electron chi connectivity index (χ4n) is 3.32. The minimum Gasteiger partial charge on any atom is -0.360 e. The van der Waals surface area contributed by atoms with E-state index in [9.17, 15) is 9.59 Å². The van der Waals surface area contributed by atoms with E-state index in [4.69, 9.17) is 0 Å². The van der Waals surface area contributed by atoms with Crippen LogP contribution in [-0.2, 0) is 4.79 Å². The zero-order valence-electron chi connectivity index (χ0n) is 13.5. The number of carbonyl (C=O) groups excluding carboxylic acids is 2. The van der Waals surface area contributed by atoms with Crippen molar-refractivity contribution in [3.05, 3.63) is 36.0 Å². The lowest BCUT2D eigenvalue weighted by Gasteiger charge is -2.27. The number of fused-ring (bicyclic) bond motifs is 1. The number of thioether (sulfide) groups is 1. The summed E-state index contributed by atoms with van der Waals surface area (Å²) in [6, 6.07) is 7.39. The van der Waals surface area contributed by atoms with Gasteiger partial charge in [0.2, 0.25) is 5.91 Å². The lowest BCUT2D eigenvalue weighted by Crippen LogP contribution is -2.48. The molecule has 2 fully saturated rings. The van der Waals surface area contributed by atoms with E-state index in [0.717, 1.165) is 17.4 Å². The highest BCUT2D eigenvalue weighted by Gasteiger charge is 2.36. The molecule has 0 spiro atoms. The van der Waals surface area contributed by atoms with Gasteiger partial charge in [0.1, 0.15) is 6.04 Å². The minimum absolute atomic E-state index is 0.0138. The number of hydrogen-bond acceptors (Lipinski definition) is 3. The molecule has 2 heterocycles. The fraction of sp³-hybridized carbons (Fsp3) is 0.444. The molecule has 2 aliphatic rings. The molecule has 24 heavy (non-hydrogen) atoms. The first-order valence-electron chi connectivity index (χ1n) is 8.46. The first-order valence-corrected chi connectivity index (χ1v) is 9.62. The van der Waals surface area contributed by atoms with Crippen LogP contribution >= 0.6 is 11.8 Å². The highest BCUT2D eigenvalue weighted by molar-refractivity contribution is 7.99. The molecule has 0 radical (unpaired) electrons. The normalized spacial score (nSPS) is 21.0. The summed E-state index contributed by atoms with van der Waals surface area (Å²) >= 11 is 1.64. The molecule has 126 valence electrons. The van der Waals surface area contributed by atoms with E-state index in [1.165, 1.54) is 19.3 Å². The third kappa shape index (κ3) is 2.79. The summed E-state index contributed by atoms with van der Waals surface area (Å²) in [5.74, 6) is 1.78. The van der Waals surface area contributed by atoms with Gasteiger partial charge in [0.15, 0.2) is 0 Å². The number of hydrogen-bond donors (Lipinski definition) is 2. The zero-order valence-corrected chi connectivity index (χ0v) is 14.3. The predicted molar refractivity (Wildman–Crippen MR) is 95.9 cm³/mol. The van der Waals surface area contributed by atoms with Gasteiger partial charge in [-0.25, -0.2) is 0 Å². The molecule has 1 aliphatic carbocycles. The molecular formula is C18H21N3O2S. The topological polar surface area (TPSA) is 65.2 Å². The van der Waals surface area contributed by atoms with Crippen molar-refractivity contribution in [1.82, 2.24) is 15.2 Å². The van der Waals surface area contributed by atoms with Gasteiger partial charge in [0.25, 0.3) is 5.91 Å². The number of rotatable bonds is 4. The Bertz CT molecular complexity index is 768. The average molecular weight is 343 g/mol. The Morgan fingerprint density at radius 1 is 1.29 bits per heavy atom. The number of amides is 2. The van der Waals surface area contributed by atoms with Gasteiger partial charge >= 0.3 is 0 Å². The van der Waals surface area contributed by atoms with Crippen LogP contribution in [0.2, 0.25) is 0 Å². The number of aromatic nitrogens is 1. The Balaban J connectivity index is 1.49. The SMILES string of the molecule is O=C(NCC1CCC1)[C@H]1CSCN1C(=O)c1c[nH]c2ccccc12. The fourth-order valence-corrected chi connectivity index (χ4v) is 4.48. The van der Waals surface area contributed by atoms with Gasteiger partial charge in [0.05, 0.1) is 11.4 Å². The maximum Gasteiger partial charge on any atom is 0.257 e. The monoisotopic (exact) mass is 343 g/mol. The van der Waals surface area contributed by atoms with E-state index >= 15 is 0 Å². The Labute approximate surface area is 145 Å². The van der Waals surface area contributed by atoms with Crippen molar-refractivity contribution in [3.8, 4) is 0 Å². The smallest absolute Gasteiger partial charge is 0.257 e. The highest BCUT2D eigenvalue weighted by atomic mass is 32.2. The molecule has 2 aromatic rings. The van der Waals surface area contributed by atoms with Crippen LogP contribution < -0.4 is 5.32 Å². The second-order valence-electron chi connectivity index (χ2n) is 6.58. The Morgan fingerprint density at radius 2 is 2.12 bits per heavy atom. The molecular weight excluding hydrogens is 322 g/mol. The van der Waals surface area contributed by atoms with Crippen LogP contribution in [0.1, 0.15) is 29.6 Å². The molecule has 0 unspecified atom stereocenters. The summed E-state index contributed by atoms with van der Waals surface area (Å²) in [5.41, 5.74) is 1.59. The largest absolute Gasteiger partial charge is 0.360 e. The maximum absolute atomic E-state index is 13.0. The van der Waals surface area contributed by atoms with Crippen molar-refractivity contribution in [2.75, 3.05) is 18.2 Å². The highest BCUT2D eigenvalue weighted by Crippen LogP contribution is 2.28. The zero-order chi connectivity index (χ0) is 16.5. The lowest BCUT2D eigenvalue weighted by atomic mass is 9.85. The van der Waals surface area contributed by atoms with Crippen LogP contribution in [0.5, 0.6) is 0 Å². The molecule has 5 nitrogen and oxygen atoms in total. The van der Waals surface area contributed by atoms with Crippen molar-refractivity contribution in [1.29, 1.82) is 0 Å². The second kappa shape index (κ2) is 6.51. The van der Waals surface area contributed by atoms with Gasteiger partial charge in [-0.3, -0.25) is 9.59 Å². The summed E-state index contributed by atoms with van der Waals surface area (Å²) in [7, 11) is 0. The summed E-state index contributed by atoms with van der Waals surface area (Å²) in [5, 5.41) is 3.95. The van der Waals surface area contributed by atoms with Crippen molar-refractivity contribution < 1.29 is 9.59 Å². The molecule has 2 N–H and O–H groups in total. The first-order chi connectivity index (χ1) is 11.7. The Kier molecular flexibility index (Phi) is 4.22.